The fourth-order valence-electron chi connectivity index (χ4n) is 2.26. The van der Waals surface area contributed by atoms with E-state index >= 15 is 0 Å². The van der Waals surface area contributed by atoms with Crippen molar-refractivity contribution < 1.29 is 4.74 Å². The molecule has 1 aliphatic rings. The van der Waals surface area contributed by atoms with Crippen molar-refractivity contribution in [2.75, 3.05) is 26.1 Å². The lowest BCUT2D eigenvalue weighted by atomic mass is 10.1. The predicted octanol–water partition coefficient (Wildman–Crippen LogP) is 2.76. The molecule has 2 nitrogen and oxygen atoms in total. The smallest absolute Gasteiger partial charge is 0.123 e. The summed E-state index contributed by atoms with van der Waals surface area (Å²) in [7, 11) is 1.73. The molecule has 0 N–H and O–H groups in total. The monoisotopic (exact) mass is 239 g/mol. The second-order valence-electron chi connectivity index (χ2n) is 4.36. The molecule has 1 fully saturated rings. The maximum atomic E-state index is 5.88. The van der Waals surface area contributed by atoms with Gasteiger partial charge in [0.25, 0.3) is 0 Å². The summed E-state index contributed by atoms with van der Waals surface area (Å²) < 4.78 is 5.36. The van der Waals surface area contributed by atoms with Gasteiger partial charge in [0, 0.05) is 24.5 Å². The van der Waals surface area contributed by atoms with Gasteiger partial charge in [0.05, 0.1) is 7.11 Å². The molecule has 1 saturated heterocycles. The number of para-hydroxylation sites is 1. The van der Waals surface area contributed by atoms with E-state index in [1.807, 2.05) is 12.1 Å². The number of likely N-dealkylation sites (tertiary alicyclic amines) is 1. The van der Waals surface area contributed by atoms with Gasteiger partial charge in [-0.05, 0) is 24.9 Å². The number of benzene rings is 1. The van der Waals surface area contributed by atoms with Gasteiger partial charge in [-0.3, -0.25) is 4.90 Å². The summed E-state index contributed by atoms with van der Waals surface area (Å²) in [6.45, 7) is 3.23. The third-order valence-electron chi connectivity index (χ3n) is 3.17. The van der Waals surface area contributed by atoms with Crippen LogP contribution in [0.4, 0.5) is 0 Å². The normalized spacial score (nSPS) is 21.2. The molecule has 88 valence electrons. The fourth-order valence-corrected chi connectivity index (χ4v) is 2.51. The van der Waals surface area contributed by atoms with Crippen molar-refractivity contribution in [3.63, 3.8) is 0 Å². The standard InChI is InChI=1S/C13H18ClNO/c1-16-13-5-3-2-4-12(13)10-15-7-6-11(8-14)9-15/h2-5,11H,6-10H2,1H3. The van der Waals surface area contributed by atoms with Crippen molar-refractivity contribution in [1.82, 2.24) is 4.90 Å². The SMILES string of the molecule is COc1ccccc1CN1CCC(CCl)C1. The summed E-state index contributed by atoms with van der Waals surface area (Å²) in [5.74, 6) is 2.43. The van der Waals surface area contributed by atoms with Gasteiger partial charge >= 0.3 is 0 Å². The number of alkyl halides is 1. The Balaban J connectivity index is 1.99. The van der Waals surface area contributed by atoms with E-state index in [1.54, 1.807) is 7.11 Å². The Kier molecular flexibility index (Phi) is 4.08. The number of ether oxygens (including phenoxy) is 1. The first-order chi connectivity index (χ1) is 7.83. The van der Waals surface area contributed by atoms with Gasteiger partial charge in [-0.2, -0.15) is 0 Å². The van der Waals surface area contributed by atoms with Crippen LogP contribution in [0.1, 0.15) is 12.0 Å². The van der Waals surface area contributed by atoms with Crippen LogP contribution in [-0.2, 0) is 6.54 Å². The van der Waals surface area contributed by atoms with E-state index in [2.05, 4.69) is 17.0 Å². The van der Waals surface area contributed by atoms with Gasteiger partial charge < -0.3 is 4.74 Å². The molecule has 1 aliphatic heterocycles. The maximum Gasteiger partial charge on any atom is 0.123 e. The first-order valence-corrected chi connectivity index (χ1v) is 6.27. The maximum absolute atomic E-state index is 5.88. The van der Waals surface area contributed by atoms with Crippen LogP contribution in [0.5, 0.6) is 5.75 Å². The third kappa shape index (κ3) is 2.69. The summed E-state index contributed by atoms with van der Waals surface area (Å²) in [4.78, 5) is 2.45. The minimum absolute atomic E-state index is 0.663. The predicted molar refractivity (Wildman–Crippen MR) is 67.1 cm³/mol. The molecule has 1 aromatic rings. The van der Waals surface area contributed by atoms with Crippen LogP contribution in [-0.4, -0.2) is 31.0 Å². The quantitative estimate of drug-likeness (QED) is 0.750. The topological polar surface area (TPSA) is 12.5 Å². The molecule has 1 heterocycles. The molecule has 0 aromatic heterocycles. The molecule has 0 spiro atoms. The molecule has 0 aliphatic carbocycles. The first kappa shape index (κ1) is 11.7. The van der Waals surface area contributed by atoms with E-state index in [-0.39, 0.29) is 0 Å². The first-order valence-electron chi connectivity index (χ1n) is 5.73. The Morgan fingerprint density at radius 1 is 1.44 bits per heavy atom. The zero-order valence-electron chi connectivity index (χ0n) is 9.66. The molecule has 1 unspecified atom stereocenters. The highest BCUT2D eigenvalue weighted by atomic mass is 35.5. The van der Waals surface area contributed by atoms with Gasteiger partial charge in [0.2, 0.25) is 0 Å². The lowest BCUT2D eigenvalue weighted by Gasteiger charge is -2.17. The van der Waals surface area contributed by atoms with Crippen molar-refractivity contribution in [1.29, 1.82) is 0 Å². The Labute approximate surface area is 102 Å². The minimum atomic E-state index is 0.663. The summed E-state index contributed by atoms with van der Waals surface area (Å²) in [6, 6.07) is 8.22. The van der Waals surface area contributed by atoms with E-state index < -0.39 is 0 Å². The van der Waals surface area contributed by atoms with Crippen LogP contribution in [0.3, 0.4) is 0 Å². The van der Waals surface area contributed by atoms with Crippen LogP contribution in [0.25, 0.3) is 0 Å². The van der Waals surface area contributed by atoms with Gasteiger partial charge in [-0.25, -0.2) is 0 Å². The minimum Gasteiger partial charge on any atom is -0.496 e. The molecular weight excluding hydrogens is 222 g/mol. The average Bonchev–Trinajstić information content (AvgIpc) is 2.77. The highest BCUT2D eigenvalue weighted by Gasteiger charge is 2.22. The molecule has 1 atom stereocenters. The largest absolute Gasteiger partial charge is 0.496 e. The summed E-state index contributed by atoms with van der Waals surface area (Å²) in [5.41, 5.74) is 1.26. The van der Waals surface area contributed by atoms with Crippen LogP contribution in [0.15, 0.2) is 24.3 Å². The Morgan fingerprint density at radius 3 is 2.94 bits per heavy atom. The lowest BCUT2D eigenvalue weighted by Crippen LogP contribution is -2.20. The van der Waals surface area contributed by atoms with Crippen molar-refractivity contribution in [3.8, 4) is 5.75 Å². The molecule has 1 aromatic carbocycles. The second kappa shape index (κ2) is 5.55. The fraction of sp³-hybridized carbons (Fsp3) is 0.538. The Morgan fingerprint density at radius 2 is 2.25 bits per heavy atom. The molecular formula is C13H18ClNO. The number of methoxy groups -OCH3 is 1. The number of rotatable bonds is 4. The Hall–Kier alpha value is -0.730. The number of hydrogen-bond donors (Lipinski definition) is 0. The number of nitrogens with zero attached hydrogens (tertiary/aromatic N) is 1. The third-order valence-corrected chi connectivity index (χ3v) is 3.61. The van der Waals surface area contributed by atoms with Crippen molar-refractivity contribution in [2.45, 2.75) is 13.0 Å². The number of halogens is 1. The number of hydrogen-bond acceptors (Lipinski definition) is 2. The highest BCUT2D eigenvalue weighted by molar-refractivity contribution is 6.18. The van der Waals surface area contributed by atoms with Crippen LogP contribution >= 0.6 is 11.6 Å². The Bertz CT molecular complexity index is 342. The van der Waals surface area contributed by atoms with E-state index in [0.717, 1.165) is 31.3 Å². The summed E-state index contributed by atoms with van der Waals surface area (Å²) in [5, 5.41) is 0. The summed E-state index contributed by atoms with van der Waals surface area (Å²) >= 11 is 5.88. The molecule has 0 saturated carbocycles. The van der Waals surface area contributed by atoms with E-state index in [0.29, 0.717) is 5.92 Å². The molecule has 0 amide bonds. The van der Waals surface area contributed by atoms with Crippen molar-refractivity contribution in [3.05, 3.63) is 29.8 Å². The van der Waals surface area contributed by atoms with E-state index in [9.17, 15) is 0 Å². The van der Waals surface area contributed by atoms with E-state index in [1.165, 1.54) is 12.0 Å². The second-order valence-corrected chi connectivity index (χ2v) is 4.66. The average molecular weight is 240 g/mol. The zero-order chi connectivity index (χ0) is 11.4. The zero-order valence-corrected chi connectivity index (χ0v) is 10.4. The lowest BCUT2D eigenvalue weighted by molar-refractivity contribution is 0.312. The van der Waals surface area contributed by atoms with Gasteiger partial charge in [0.15, 0.2) is 0 Å². The van der Waals surface area contributed by atoms with Crippen LogP contribution in [0.2, 0.25) is 0 Å². The van der Waals surface area contributed by atoms with Gasteiger partial charge in [0.1, 0.15) is 5.75 Å². The molecule has 0 radical (unpaired) electrons. The highest BCUT2D eigenvalue weighted by Crippen LogP contribution is 2.23. The van der Waals surface area contributed by atoms with Crippen molar-refractivity contribution in [2.24, 2.45) is 5.92 Å². The summed E-state index contributed by atoms with van der Waals surface area (Å²) in [6.07, 6.45) is 1.22. The van der Waals surface area contributed by atoms with Crippen LogP contribution in [0, 0.1) is 5.92 Å². The van der Waals surface area contributed by atoms with Gasteiger partial charge in [-0.1, -0.05) is 18.2 Å². The molecule has 0 bridgehead atoms. The van der Waals surface area contributed by atoms with Crippen molar-refractivity contribution >= 4 is 11.6 Å². The van der Waals surface area contributed by atoms with E-state index in [4.69, 9.17) is 16.3 Å². The molecule has 16 heavy (non-hydrogen) atoms. The molecule has 2 rings (SSSR count). The molecule has 3 heteroatoms. The van der Waals surface area contributed by atoms with Crippen LogP contribution < -0.4 is 4.74 Å². The van der Waals surface area contributed by atoms with Gasteiger partial charge in [-0.15, -0.1) is 11.6 Å².